The minimum absolute atomic E-state index is 0.0343. The number of aryl methyl sites for hydroxylation is 1. The molecule has 0 atom stereocenters. The van der Waals surface area contributed by atoms with E-state index >= 15 is 0 Å². The first kappa shape index (κ1) is 17.0. The molecule has 2 rings (SSSR count). The lowest BCUT2D eigenvalue weighted by Gasteiger charge is -2.11. The third kappa shape index (κ3) is 4.45. The van der Waals surface area contributed by atoms with E-state index in [1.165, 1.54) is 5.56 Å². The molecule has 2 aromatic rings. The van der Waals surface area contributed by atoms with Crippen molar-refractivity contribution >= 4 is 5.91 Å². The van der Waals surface area contributed by atoms with Crippen molar-refractivity contribution in [1.29, 1.82) is 0 Å². The van der Waals surface area contributed by atoms with Crippen LogP contribution in [0.15, 0.2) is 48.5 Å². The van der Waals surface area contributed by atoms with Crippen molar-refractivity contribution in [1.82, 2.24) is 4.90 Å². The Kier molecular flexibility index (Phi) is 6.67. The number of carbonyl (C=O) groups is 1. The molecule has 0 bridgehead atoms. The number of benzene rings is 2. The van der Waals surface area contributed by atoms with E-state index in [2.05, 4.69) is 31.2 Å². The van der Waals surface area contributed by atoms with E-state index in [-0.39, 0.29) is 5.91 Å². The molecule has 0 unspecified atom stereocenters. The molecule has 0 N–H and O–H groups in total. The highest BCUT2D eigenvalue weighted by atomic mass is 16.2. The summed E-state index contributed by atoms with van der Waals surface area (Å²) in [7, 11) is 3.54. The highest BCUT2D eigenvalue weighted by Crippen LogP contribution is 2.21. The molecule has 0 saturated carbocycles. The van der Waals surface area contributed by atoms with Crippen LogP contribution in [0.2, 0.25) is 0 Å². The second kappa shape index (κ2) is 8.25. The van der Waals surface area contributed by atoms with Gasteiger partial charge in [-0.1, -0.05) is 57.2 Å². The predicted molar refractivity (Wildman–Crippen MR) is 90.6 cm³/mol. The normalized spacial score (nSPS) is 9.57. The number of rotatable bonds is 3. The summed E-state index contributed by atoms with van der Waals surface area (Å²) in [4.78, 5) is 13.6. The topological polar surface area (TPSA) is 20.3 Å². The van der Waals surface area contributed by atoms with Gasteiger partial charge in [0.15, 0.2) is 0 Å². The van der Waals surface area contributed by atoms with Crippen LogP contribution in [0.25, 0.3) is 11.1 Å². The SMILES string of the molecule is CC.CCc1ccc(-c2cccc(C(=O)N(C)C)c2)cc1. The molecule has 21 heavy (non-hydrogen) atoms. The van der Waals surface area contributed by atoms with Gasteiger partial charge in [0.25, 0.3) is 5.91 Å². The molecule has 0 aliphatic rings. The summed E-state index contributed by atoms with van der Waals surface area (Å²) in [5.74, 6) is 0.0343. The molecule has 0 aliphatic carbocycles. The van der Waals surface area contributed by atoms with Crippen LogP contribution < -0.4 is 0 Å². The first-order valence-corrected chi connectivity index (χ1v) is 7.53. The van der Waals surface area contributed by atoms with Gasteiger partial charge in [-0.15, -0.1) is 0 Å². The first-order chi connectivity index (χ1) is 10.1. The lowest BCUT2D eigenvalue weighted by atomic mass is 10.0. The lowest BCUT2D eigenvalue weighted by molar-refractivity contribution is 0.0827. The van der Waals surface area contributed by atoms with E-state index < -0.39 is 0 Å². The molecule has 0 spiro atoms. The highest BCUT2D eigenvalue weighted by molar-refractivity contribution is 5.95. The molecule has 0 aromatic heterocycles. The zero-order valence-corrected chi connectivity index (χ0v) is 13.7. The van der Waals surface area contributed by atoms with Crippen molar-refractivity contribution in [2.75, 3.05) is 14.1 Å². The fraction of sp³-hybridized carbons (Fsp3) is 0.316. The maximum Gasteiger partial charge on any atom is 0.253 e. The Bertz CT molecular complexity index is 570. The van der Waals surface area contributed by atoms with Gasteiger partial charge in [0.05, 0.1) is 0 Å². The Morgan fingerprint density at radius 2 is 1.57 bits per heavy atom. The van der Waals surface area contributed by atoms with Gasteiger partial charge in [-0.3, -0.25) is 4.79 Å². The second-order valence-corrected chi connectivity index (χ2v) is 4.83. The van der Waals surface area contributed by atoms with E-state index in [4.69, 9.17) is 0 Å². The van der Waals surface area contributed by atoms with Crippen molar-refractivity contribution in [2.45, 2.75) is 27.2 Å². The Morgan fingerprint density at radius 3 is 2.10 bits per heavy atom. The quantitative estimate of drug-likeness (QED) is 0.803. The zero-order chi connectivity index (χ0) is 15.8. The molecular weight excluding hydrogens is 258 g/mol. The average molecular weight is 283 g/mol. The average Bonchev–Trinajstić information content (AvgIpc) is 2.56. The van der Waals surface area contributed by atoms with E-state index in [1.807, 2.05) is 38.1 Å². The standard InChI is InChI=1S/C17H19NO.C2H6/c1-4-13-8-10-14(11-9-13)15-6-5-7-16(12-15)17(19)18(2)3;1-2/h5-12H,4H2,1-3H3;1-2H3. The number of carbonyl (C=O) groups excluding carboxylic acids is 1. The molecular formula is C19H25NO. The minimum atomic E-state index is 0.0343. The smallest absolute Gasteiger partial charge is 0.253 e. The van der Waals surface area contributed by atoms with Crippen molar-refractivity contribution in [3.63, 3.8) is 0 Å². The third-order valence-corrected chi connectivity index (χ3v) is 3.21. The van der Waals surface area contributed by atoms with Gasteiger partial charge in [-0.2, -0.15) is 0 Å². The van der Waals surface area contributed by atoms with Gasteiger partial charge in [-0.05, 0) is 35.2 Å². The number of hydrogen-bond donors (Lipinski definition) is 0. The molecule has 0 saturated heterocycles. The predicted octanol–water partition coefficient (Wildman–Crippen LogP) is 4.64. The van der Waals surface area contributed by atoms with Gasteiger partial charge in [0.2, 0.25) is 0 Å². The maximum absolute atomic E-state index is 12.0. The fourth-order valence-electron chi connectivity index (χ4n) is 2.02. The molecule has 0 aliphatic heterocycles. The molecule has 0 radical (unpaired) electrons. The molecule has 2 heteroatoms. The molecule has 0 fully saturated rings. The van der Waals surface area contributed by atoms with Crippen molar-refractivity contribution in [2.24, 2.45) is 0 Å². The monoisotopic (exact) mass is 283 g/mol. The van der Waals surface area contributed by atoms with Crippen LogP contribution in [0.1, 0.15) is 36.7 Å². The number of hydrogen-bond acceptors (Lipinski definition) is 1. The molecule has 2 aromatic carbocycles. The maximum atomic E-state index is 12.0. The Hall–Kier alpha value is -2.09. The third-order valence-electron chi connectivity index (χ3n) is 3.21. The Labute approximate surface area is 128 Å². The Balaban J connectivity index is 0.00000106. The van der Waals surface area contributed by atoms with E-state index in [0.29, 0.717) is 0 Å². The van der Waals surface area contributed by atoms with Gasteiger partial charge in [0.1, 0.15) is 0 Å². The first-order valence-electron chi connectivity index (χ1n) is 7.53. The fourth-order valence-corrected chi connectivity index (χ4v) is 2.02. The zero-order valence-electron chi connectivity index (χ0n) is 13.7. The van der Waals surface area contributed by atoms with Gasteiger partial charge < -0.3 is 4.90 Å². The molecule has 1 amide bonds. The summed E-state index contributed by atoms with van der Waals surface area (Å²) in [6, 6.07) is 16.3. The van der Waals surface area contributed by atoms with Crippen molar-refractivity contribution in [3.05, 3.63) is 59.7 Å². The summed E-state index contributed by atoms with van der Waals surface area (Å²) < 4.78 is 0. The van der Waals surface area contributed by atoms with Crippen LogP contribution in [-0.2, 0) is 6.42 Å². The van der Waals surface area contributed by atoms with Gasteiger partial charge in [-0.25, -0.2) is 0 Å². The lowest BCUT2D eigenvalue weighted by Crippen LogP contribution is -2.21. The summed E-state index contributed by atoms with van der Waals surface area (Å²) >= 11 is 0. The van der Waals surface area contributed by atoms with Crippen molar-refractivity contribution < 1.29 is 4.79 Å². The van der Waals surface area contributed by atoms with Crippen LogP contribution in [0.4, 0.5) is 0 Å². The van der Waals surface area contributed by atoms with Gasteiger partial charge >= 0.3 is 0 Å². The number of amides is 1. The molecule has 2 nitrogen and oxygen atoms in total. The largest absolute Gasteiger partial charge is 0.345 e. The van der Waals surface area contributed by atoms with Crippen LogP contribution in [0, 0.1) is 0 Å². The summed E-state index contributed by atoms with van der Waals surface area (Å²) in [6.07, 6.45) is 1.04. The van der Waals surface area contributed by atoms with Crippen LogP contribution in [-0.4, -0.2) is 24.9 Å². The van der Waals surface area contributed by atoms with E-state index in [9.17, 15) is 4.79 Å². The Morgan fingerprint density at radius 1 is 0.952 bits per heavy atom. The summed E-state index contributed by atoms with van der Waals surface area (Å²) in [5.41, 5.74) is 4.27. The number of nitrogens with zero attached hydrogens (tertiary/aromatic N) is 1. The van der Waals surface area contributed by atoms with Gasteiger partial charge in [0, 0.05) is 19.7 Å². The minimum Gasteiger partial charge on any atom is -0.345 e. The summed E-state index contributed by atoms with van der Waals surface area (Å²) in [5, 5.41) is 0. The van der Waals surface area contributed by atoms with E-state index in [0.717, 1.165) is 23.1 Å². The molecule has 0 heterocycles. The summed E-state index contributed by atoms with van der Waals surface area (Å²) in [6.45, 7) is 6.14. The van der Waals surface area contributed by atoms with Crippen LogP contribution in [0.3, 0.4) is 0 Å². The van der Waals surface area contributed by atoms with Crippen molar-refractivity contribution in [3.8, 4) is 11.1 Å². The highest BCUT2D eigenvalue weighted by Gasteiger charge is 2.08. The van der Waals surface area contributed by atoms with E-state index in [1.54, 1.807) is 19.0 Å². The molecule has 112 valence electrons. The van der Waals surface area contributed by atoms with Crippen LogP contribution >= 0.6 is 0 Å². The second-order valence-electron chi connectivity index (χ2n) is 4.83. The van der Waals surface area contributed by atoms with Crippen LogP contribution in [0.5, 0.6) is 0 Å².